The van der Waals surface area contributed by atoms with Crippen molar-refractivity contribution in [2.45, 2.75) is 37.6 Å². The number of H-pyrrole nitrogens is 1. The quantitative estimate of drug-likeness (QED) is 0.766. The monoisotopic (exact) mass is 319 g/mol. The number of benzene rings is 1. The van der Waals surface area contributed by atoms with E-state index >= 15 is 0 Å². The fourth-order valence-corrected chi connectivity index (χ4v) is 3.82. The molecule has 2 heterocycles. The minimum atomic E-state index is -0.0765. The summed E-state index contributed by atoms with van der Waals surface area (Å²) in [4.78, 5) is 20.0. The number of carbonyl (C=O) groups excluding carboxylic acids is 1. The van der Waals surface area contributed by atoms with Gasteiger partial charge in [0.25, 0.3) is 5.91 Å². The summed E-state index contributed by atoms with van der Waals surface area (Å²) in [6.45, 7) is 0. The predicted molar refractivity (Wildman–Crippen MR) is 95.0 cm³/mol. The lowest BCUT2D eigenvalue weighted by atomic mass is 9.80. The molecular weight excluding hydrogens is 298 g/mol. The molecule has 1 aliphatic carbocycles. The number of hydrogen-bond donors (Lipinski definition) is 2. The fourth-order valence-electron chi connectivity index (χ4n) is 3.82. The van der Waals surface area contributed by atoms with Gasteiger partial charge in [-0.05, 0) is 36.6 Å². The summed E-state index contributed by atoms with van der Waals surface area (Å²) in [5.41, 5.74) is 2.96. The van der Waals surface area contributed by atoms with E-state index in [0.717, 1.165) is 24.8 Å². The van der Waals surface area contributed by atoms with Gasteiger partial charge in [-0.1, -0.05) is 37.1 Å². The summed E-state index contributed by atoms with van der Waals surface area (Å²) in [7, 11) is 0. The number of nitrogens with one attached hydrogen (secondary N) is 2. The van der Waals surface area contributed by atoms with Gasteiger partial charge in [0.1, 0.15) is 5.69 Å². The van der Waals surface area contributed by atoms with Gasteiger partial charge in [0.15, 0.2) is 0 Å². The Kier molecular flexibility index (Phi) is 4.03. The molecule has 2 aromatic heterocycles. The number of fused-ring (bicyclic) bond motifs is 1. The van der Waals surface area contributed by atoms with E-state index in [1.807, 2.05) is 18.2 Å². The summed E-state index contributed by atoms with van der Waals surface area (Å²) in [6.07, 6.45) is 8.26. The van der Waals surface area contributed by atoms with Gasteiger partial charge in [-0.15, -0.1) is 0 Å². The summed E-state index contributed by atoms with van der Waals surface area (Å²) in [5.74, 6) is 0.273. The van der Waals surface area contributed by atoms with Crippen molar-refractivity contribution < 1.29 is 4.79 Å². The van der Waals surface area contributed by atoms with Crippen molar-refractivity contribution in [2.24, 2.45) is 0 Å². The molecule has 1 saturated carbocycles. The van der Waals surface area contributed by atoms with E-state index in [-0.39, 0.29) is 11.9 Å². The molecule has 24 heavy (non-hydrogen) atoms. The van der Waals surface area contributed by atoms with Gasteiger partial charge in [-0.2, -0.15) is 0 Å². The van der Waals surface area contributed by atoms with Gasteiger partial charge in [0.2, 0.25) is 0 Å². The Hall–Kier alpha value is -2.62. The highest BCUT2D eigenvalue weighted by molar-refractivity contribution is 5.92. The standard InChI is InChI=1S/C20H21N3O/c24-20(19-11-5-6-12-21-19)23-18-10-4-2-8-15(18)16-13-22-17-9-3-1-7-14(16)17/h1,3,5-7,9,11-13,15,18,22H,2,4,8,10H2,(H,23,24)/t15-,18+/m1/s1. The Bertz CT molecular complexity index is 840. The van der Waals surface area contributed by atoms with Gasteiger partial charge in [0, 0.05) is 35.3 Å². The molecule has 0 unspecified atom stereocenters. The van der Waals surface area contributed by atoms with Crippen LogP contribution in [0.2, 0.25) is 0 Å². The minimum Gasteiger partial charge on any atom is -0.361 e. The number of amides is 1. The molecular formula is C20H21N3O. The van der Waals surface area contributed by atoms with Crippen molar-refractivity contribution in [2.75, 3.05) is 0 Å². The molecule has 0 spiro atoms. The van der Waals surface area contributed by atoms with Crippen LogP contribution in [0.25, 0.3) is 10.9 Å². The Morgan fingerprint density at radius 2 is 1.92 bits per heavy atom. The second kappa shape index (κ2) is 6.48. The number of rotatable bonds is 3. The molecule has 0 radical (unpaired) electrons. The fraction of sp³-hybridized carbons (Fsp3) is 0.300. The smallest absolute Gasteiger partial charge is 0.270 e. The Morgan fingerprint density at radius 3 is 2.79 bits per heavy atom. The molecule has 2 N–H and O–H groups in total. The molecule has 1 aromatic carbocycles. The van der Waals surface area contributed by atoms with E-state index in [0.29, 0.717) is 11.6 Å². The van der Waals surface area contributed by atoms with E-state index in [9.17, 15) is 4.79 Å². The van der Waals surface area contributed by atoms with E-state index in [4.69, 9.17) is 0 Å². The zero-order valence-corrected chi connectivity index (χ0v) is 13.5. The maximum atomic E-state index is 12.5. The van der Waals surface area contributed by atoms with Crippen LogP contribution in [0.3, 0.4) is 0 Å². The highest BCUT2D eigenvalue weighted by Crippen LogP contribution is 2.36. The average Bonchev–Trinajstić information content (AvgIpc) is 3.07. The van der Waals surface area contributed by atoms with Gasteiger partial charge < -0.3 is 10.3 Å². The molecule has 1 fully saturated rings. The first-order valence-corrected chi connectivity index (χ1v) is 8.61. The first kappa shape index (κ1) is 14.9. The van der Waals surface area contributed by atoms with Crippen molar-refractivity contribution >= 4 is 16.8 Å². The summed E-state index contributed by atoms with van der Waals surface area (Å²) >= 11 is 0. The van der Waals surface area contributed by atoms with Crippen LogP contribution in [-0.2, 0) is 0 Å². The summed E-state index contributed by atoms with van der Waals surface area (Å²) < 4.78 is 0. The molecule has 1 aliphatic rings. The normalized spacial score (nSPS) is 20.8. The number of nitrogens with zero attached hydrogens (tertiary/aromatic N) is 1. The van der Waals surface area contributed by atoms with Crippen LogP contribution >= 0.6 is 0 Å². The number of para-hydroxylation sites is 1. The van der Waals surface area contributed by atoms with Gasteiger partial charge >= 0.3 is 0 Å². The van der Waals surface area contributed by atoms with Gasteiger partial charge in [-0.25, -0.2) is 0 Å². The molecule has 4 rings (SSSR count). The van der Waals surface area contributed by atoms with Crippen LogP contribution in [0.15, 0.2) is 54.9 Å². The molecule has 1 amide bonds. The molecule has 0 saturated heterocycles. The number of hydrogen-bond acceptors (Lipinski definition) is 2. The van der Waals surface area contributed by atoms with Crippen LogP contribution in [0.5, 0.6) is 0 Å². The molecule has 4 heteroatoms. The maximum absolute atomic E-state index is 12.5. The van der Waals surface area contributed by atoms with Crippen LogP contribution in [0, 0.1) is 0 Å². The maximum Gasteiger partial charge on any atom is 0.270 e. The summed E-state index contributed by atoms with van der Waals surface area (Å²) in [5, 5.41) is 4.49. The van der Waals surface area contributed by atoms with Crippen LogP contribution < -0.4 is 5.32 Å². The first-order chi connectivity index (χ1) is 11.8. The third kappa shape index (κ3) is 2.80. The molecule has 2 atom stereocenters. The second-order valence-corrected chi connectivity index (χ2v) is 6.48. The molecule has 0 bridgehead atoms. The Labute approximate surface area is 141 Å². The van der Waals surface area contributed by atoms with Crippen LogP contribution in [0.4, 0.5) is 0 Å². The molecule has 0 aliphatic heterocycles. The number of aromatic nitrogens is 2. The number of aromatic amines is 1. The van der Waals surface area contributed by atoms with Crippen molar-refractivity contribution in [3.8, 4) is 0 Å². The minimum absolute atomic E-state index is 0.0765. The highest BCUT2D eigenvalue weighted by atomic mass is 16.1. The third-order valence-corrected chi connectivity index (χ3v) is 5.00. The lowest BCUT2D eigenvalue weighted by Crippen LogP contribution is -2.41. The van der Waals surface area contributed by atoms with Gasteiger partial charge in [0.05, 0.1) is 0 Å². The zero-order chi connectivity index (χ0) is 16.4. The largest absolute Gasteiger partial charge is 0.361 e. The van der Waals surface area contributed by atoms with E-state index in [1.165, 1.54) is 17.4 Å². The first-order valence-electron chi connectivity index (χ1n) is 8.61. The van der Waals surface area contributed by atoms with Crippen molar-refractivity contribution in [3.63, 3.8) is 0 Å². The lowest BCUT2D eigenvalue weighted by molar-refractivity contribution is 0.0916. The van der Waals surface area contributed by atoms with E-state index < -0.39 is 0 Å². The predicted octanol–water partition coefficient (Wildman–Crippen LogP) is 4.02. The van der Waals surface area contributed by atoms with Crippen molar-refractivity contribution in [3.05, 3.63) is 66.1 Å². The second-order valence-electron chi connectivity index (χ2n) is 6.48. The molecule has 4 nitrogen and oxygen atoms in total. The van der Waals surface area contributed by atoms with E-state index in [2.05, 4.69) is 39.7 Å². The van der Waals surface area contributed by atoms with Crippen molar-refractivity contribution in [1.29, 1.82) is 0 Å². The van der Waals surface area contributed by atoms with Gasteiger partial charge in [-0.3, -0.25) is 9.78 Å². The zero-order valence-electron chi connectivity index (χ0n) is 13.5. The lowest BCUT2D eigenvalue weighted by Gasteiger charge is -2.32. The highest BCUT2D eigenvalue weighted by Gasteiger charge is 2.29. The topological polar surface area (TPSA) is 57.8 Å². The van der Waals surface area contributed by atoms with E-state index in [1.54, 1.807) is 12.3 Å². The van der Waals surface area contributed by atoms with Crippen molar-refractivity contribution in [1.82, 2.24) is 15.3 Å². The average molecular weight is 319 g/mol. The number of pyridine rings is 1. The van der Waals surface area contributed by atoms with Crippen LogP contribution in [0.1, 0.15) is 47.7 Å². The van der Waals surface area contributed by atoms with Crippen LogP contribution in [-0.4, -0.2) is 21.9 Å². The third-order valence-electron chi connectivity index (χ3n) is 5.00. The number of carbonyl (C=O) groups is 1. The molecule has 122 valence electrons. The SMILES string of the molecule is O=C(N[C@H]1CCCC[C@@H]1c1c[nH]c2ccccc12)c1ccccn1. The Balaban J connectivity index is 1.60. The Morgan fingerprint density at radius 1 is 1.08 bits per heavy atom. The summed E-state index contributed by atoms with van der Waals surface area (Å²) in [6, 6.07) is 14.0. The molecule has 3 aromatic rings.